The maximum absolute atomic E-state index is 12.4. The Hall–Kier alpha value is 1.21. The number of amides is 2. The molecule has 4 aromatic carbocycles. The smallest absolute Gasteiger partial charge is 0.784 e. The predicted octanol–water partition coefficient (Wildman–Crippen LogP) is -7.62. The molecule has 0 spiro atoms. The van der Waals surface area contributed by atoms with E-state index in [0.717, 1.165) is 33.9 Å². The van der Waals surface area contributed by atoms with Gasteiger partial charge in [0.2, 0.25) is 0 Å². The van der Waals surface area contributed by atoms with Crippen LogP contribution in [0.4, 0.5) is 11.4 Å². The topological polar surface area (TPSA) is 311 Å². The van der Waals surface area contributed by atoms with E-state index < -0.39 is 71.6 Å². The van der Waals surface area contributed by atoms with Gasteiger partial charge in [-0.15, -0.1) is 68.2 Å². The zero-order valence-electron chi connectivity index (χ0n) is 40.5. The number of carbonyl (C=O) groups is 3. The number of imide groups is 1. The van der Waals surface area contributed by atoms with E-state index in [0.29, 0.717) is 52.4 Å². The average Bonchev–Trinajstić information content (AvgIpc) is 3.73. The van der Waals surface area contributed by atoms with Crippen molar-refractivity contribution >= 4 is 99.4 Å². The van der Waals surface area contributed by atoms with Crippen LogP contribution in [0.25, 0.3) is 21.5 Å². The van der Waals surface area contributed by atoms with Crippen molar-refractivity contribution in [2.45, 2.75) is 86.8 Å². The largest absolute Gasteiger partial charge is 1.00 e. The van der Waals surface area contributed by atoms with Crippen molar-refractivity contribution in [1.29, 1.82) is 0 Å². The molecule has 0 aromatic heterocycles. The third-order valence-electron chi connectivity index (χ3n) is 11.4. The second kappa shape index (κ2) is 30.0. The van der Waals surface area contributed by atoms with Gasteiger partial charge in [0.05, 0.1) is 25.7 Å². The molecule has 0 saturated carbocycles. The van der Waals surface area contributed by atoms with Crippen LogP contribution < -0.4 is 210 Å². The van der Waals surface area contributed by atoms with E-state index in [9.17, 15) is 40.3 Å². The summed E-state index contributed by atoms with van der Waals surface area (Å²) in [6.45, 7) is 8.68. The molecule has 71 heavy (non-hydrogen) atoms. The molecule has 4 aromatic rings. The van der Waals surface area contributed by atoms with Crippen LogP contribution in [0.15, 0.2) is 94.4 Å². The minimum Gasteiger partial charge on any atom is -0.784 e. The Morgan fingerprint density at radius 3 is 1.96 bits per heavy atom. The first-order chi connectivity index (χ1) is 31.2. The molecule has 3 heterocycles. The number of anilines is 1. The Bertz CT molecular complexity index is 3040. The molecule has 360 valence electrons. The number of rotatable bonds is 12. The molecule has 0 unspecified atom stereocenters. The maximum atomic E-state index is 12.4. The standard InChI is InChI=1S/C44H44N3O10S2.4K.2H2O3S/c1-43(2)36(45(5)33-22-19-28-18-20-29(58(51,52)53)27-32(28)42(33)43)15-8-6-9-16-37-44(3,4)41-31-13-12-14-35(59(54,55)56)30(31)21-23-34(41)46(37)26-11-7-10-17-40(50)57-47-38(48)24-25-39(47)49;;;;;2*1-4(2)3/h6,8-9,13-16,19-23,27H,7,10-11,17,24-26H2,1-5H3,(H,51,52,53)(H,54,55,56);;;;;2*(H2,1,2,3)/q-1;4*+1;;/p-6. The van der Waals surface area contributed by atoms with Gasteiger partial charge in [-0.05, 0) is 54.7 Å². The first-order valence-electron chi connectivity index (χ1n) is 20.1. The molecule has 0 atom stereocenters. The van der Waals surface area contributed by atoms with E-state index >= 15 is 0 Å². The van der Waals surface area contributed by atoms with Crippen molar-refractivity contribution in [1.82, 2.24) is 5.06 Å². The molecule has 1 saturated heterocycles. The Morgan fingerprint density at radius 2 is 1.38 bits per heavy atom. The average molecular weight is 1150 g/mol. The summed E-state index contributed by atoms with van der Waals surface area (Å²) in [6, 6.07) is 18.6. The monoisotopic (exact) mass is 1150 g/mol. The number of fused-ring (bicyclic) bond motifs is 6. The Labute approximate surface area is 587 Å². The Balaban J connectivity index is 0.00000195. The SMILES string of the molecule is C[N+]1=C(C=CC=CC=C2N(CCCCCC(=O)ON3C(=O)CCC3=O)c3ccc4c(S(=O)(=O)[O-])c[c-]cc4c3C2(C)C)C(C)(C)c2c1ccc1[c-]cc(S(=O)(=O)[O-])cc21.O=S([O-])[O-].O=S([O-])[O-].[K+].[K+].[K+].[K+]. The molecule has 3 aliphatic rings. The first kappa shape index (κ1) is 70.2. The van der Waals surface area contributed by atoms with Gasteiger partial charge in [0, 0.05) is 54.2 Å². The molecule has 27 heteroatoms. The van der Waals surface area contributed by atoms with Gasteiger partial charge in [-0.1, -0.05) is 55.5 Å². The van der Waals surface area contributed by atoms with Crippen molar-refractivity contribution in [3.8, 4) is 0 Å². The van der Waals surface area contributed by atoms with E-state index in [2.05, 4.69) is 17.0 Å². The molecule has 1 fully saturated rings. The van der Waals surface area contributed by atoms with Gasteiger partial charge >= 0.3 is 212 Å². The molecule has 0 aliphatic carbocycles. The zero-order valence-corrected chi connectivity index (χ0v) is 56.2. The minimum absolute atomic E-state index is 0. The van der Waals surface area contributed by atoms with Gasteiger partial charge in [-0.25, -0.2) is 13.2 Å². The fourth-order valence-electron chi connectivity index (χ4n) is 8.65. The zero-order chi connectivity index (χ0) is 49.8. The third kappa shape index (κ3) is 17.6. The van der Waals surface area contributed by atoms with Crippen LogP contribution in [-0.4, -0.2) is 99.3 Å². The number of allylic oxidation sites excluding steroid dienone is 6. The van der Waals surface area contributed by atoms with E-state index in [1.54, 1.807) is 12.1 Å². The van der Waals surface area contributed by atoms with E-state index in [1.165, 1.54) is 18.2 Å². The number of unbranched alkanes of at least 4 members (excludes halogenated alkanes) is 2. The van der Waals surface area contributed by atoms with Crippen molar-refractivity contribution in [2.75, 3.05) is 18.5 Å². The van der Waals surface area contributed by atoms with Gasteiger partial charge in [-0.3, -0.25) is 26.4 Å². The van der Waals surface area contributed by atoms with Crippen LogP contribution in [0.2, 0.25) is 0 Å². The number of benzene rings is 4. The fraction of sp³-hybridized carbons (Fsp3) is 0.318. The summed E-state index contributed by atoms with van der Waals surface area (Å²) in [4.78, 5) is 42.5. The molecule has 3 aliphatic heterocycles. The maximum Gasteiger partial charge on any atom is 1.00 e. The summed E-state index contributed by atoms with van der Waals surface area (Å²) in [5.74, 6) is -1.72. The molecule has 7 rings (SSSR count). The molecule has 0 N–H and O–H groups in total. The van der Waals surface area contributed by atoms with Gasteiger partial charge < -0.3 is 37.1 Å². The molecule has 0 radical (unpaired) electrons. The summed E-state index contributed by atoms with van der Waals surface area (Å²) in [5, 5.41) is 2.80. The van der Waals surface area contributed by atoms with Crippen LogP contribution in [0.1, 0.15) is 77.3 Å². The van der Waals surface area contributed by atoms with E-state index in [4.69, 9.17) is 31.5 Å². The van der Waals surface area contributed by atoms with Gasteiger partial charge in [0.15, 0.2) is 11.4 Å². The van der Waals surface area contributed by atoms with Crippen LogP contribution >= 0.6 is 0 Å². The number of hydrogen-bond acceptors (Lipinski definition) is 17. The van der Waals surface area contributed by atoms with Crippen LogP contribution in [0.5, 0.6) is 0 Å². The van der Waals surface area contributed by atoms with Gasteiger partial charge in [0.25, 0.3) is 11.8 Å². The Kier molecular flexibility index (Phi) is 29.6. The van der Waals surface area contributed by atoms with Crippen LogP contribution in [0, 0.1) is 12.1 Å². The molecular formula is C44H42K4N3O16S4-3. The first-order valence-corrected chi connectivity index (χ1v) is 24.9. The second-order valence-electron chi connectivity index (χ2n) is 16.3. The predicted molar refractivity (Wildman–Crippen MR) is 237 cm³/mol. The van der Waals surface area contributed by atoms with Crippen LogP contribution in [-0.2, 0) is 73.0 Å². The number of carbonyl (C=O) groups excluding carboxylic acids is 3. The van der Waals surface area contributed by atoms with Crippen LogP contribution in [0.3, 0.4) is 0 Å². The normalized spacial score (nSPS) is 16.3. The van der Waals surface area contributed by atoms with Crippen molar-refractivity contribution in [2.24, 2.45) is 0 Å². The van der Waals surface area contributed by atoms with Crippen molar-refractivity contribution in [3.05, 3.63) is 108 Å². The van der Waals surface area contributed by atoms with E-state index in [1.807, 2.05) is 87.9 Å². The summed E-state index contributed by atoms with van der Waals surface area (Å²) in [7, 11) is -7.53. The number of hydroxylamine groups is 2. The van der Waals surface area contributed by atoms with Crippen molar-refractivity contribution < 1.29 is 282 Å². The van der Waals surface area contributed by atoms with Gasteiger partial charge in [-0.2, -0.15) is 22.8 Å². The van der Waals surface area contributed by atoms with Gasteiger partial charge in [0.1, 0.15) is 7.05 Å². The summed E-state index contributed by atoms with van der Waals surface area (Å²) >= 11 is -6.22. The number of hydrogen-bond donors (Lipinski definition) is 0. The molecule has 0 bridgehead atoms. The Morgan fingerprint density at radius 1 is 0.775 bits per heavy atom. The summed E-state index contributed by atoms with van der Waals surface area (Å²) in [5.41, 5.74) is 4.09. The fourth-order valence-corrected chi connectivity index (χ4v) is 9.77. The van der Waals surface area contributed by atoms with Crippen molar-refractivity contribution in [3.63, 3.8) is 0 Å². The summed E-state index contributed by atoms with van der Waals surface area (Å²) in [6.07, 6.45) is 11.5. The molecule has 2 amide bonds. The van der Waals surface area contributed by atoms with E-state index in [-0.39, 0.29) is 235 Å². The molecule has 19 nitrogen and oxygen atoms in total. The second-order valence-corrected chi connectivity index (χ2v) is 19.9. The third-order valence-corrected chi connectivity index (χ3v) is 13.1. The minimum atomic E-state index is -4.78. The quantitative estimate of drug-likeness (QED) is 0.0186. The molecular weight excluding hydrogens is 1110 g/mol. The number of nitrogens with zero attached hydrogens (tertiary/aromatic N) is 3. The summed E-state index contributed by atoms with van der Waals surface area (Å²) < 4.78 is 125.